The highest BCUT2D eigenvalue weighted by Crippen LogP contribution is 2.38. The molecule has 0 N–H and O–H groups in total. The monoisotopic (exact) mass is 444 g/mol. The summed E-state index contributed by atoms with van der Waals surface area (Å²) in [5.74, 6) is 0.920. The van der Waals surface area contributed by atoms with Gasteiger partial charge in [-0.3, -0.25) is 4.79 Å². The smallest absolute Gasteiger partial charge is 0.343 e. The van der Waals surface area contributed by atoms with Gasteiger partial charge >= 0.3 is 5.97 Å². The van der Waals surface area contributed by atoms with Crippen LogP contribution in [0.4, 0.5) is 0 Å². The zero-order valence-corrected chi connectivity index (χ0v) is 18.6. The lowest BCUT2D eigenvalue weighted by molar-refractivity contribution is -0.130. The first-order valence-corrected chi connectivity index (χ1v) is 10.5. The number of methoxy groups -OCH3 is 2. The van der Waals surface area contributed by atoms with Crippen molar-refractivity contribution in [2.75, 3.05) is 14.2 Å². The SMILES string of the molecule is COc1ccc([C@@H]2CC(c3ccccc3OC(=O)c3ccccc3)=NN2C(C)=O)cc1OC. The second kappa shape index (κ2) is 9.56. The second-order valence-corrected chi connectivity index (χ2v) is 7.50. The van der Waals surface area contributed by atoms with Gasteiger partial charge in [-0.15, -0.1) is 0 Å². The highest BCUT2D eigenvalue weighted by molar-refractivity contribution is 6.06. The number of carbonyl (C=O) groups is 2. The minimum absolute atomic E-state index is 0.191. The van der Waals surface area contributed by atoms with Gasteiger partial charge in [-0.2, -0.15) is 5.10 Å². The number of nitrogens with zero attached hydrogens (tertiary/aromatic N) is 2. The summed E-state index contributed by atoms with van der Waals surface area (Å²) in [5, 5.41) is 6.04. The van der Waals surface area contributed by atoms with Crippen molar-refractivity contribution in [1.29, 1.82) is 0 Å². The molecular formula is C26H24N2O5. The molecule has 1 amide bonds. The van der Waals surface area contributed by atoms with Crippen LogP contribution in [0.3, 0.4) is 0 Å². The Morgan fingerprint density at radius 3 is 2.27 bits per heavy atom. The highest BCUT2D eigenvalue weighted by Gasteiger charge is 2.33. The number of benzene rings is 3. The molecule has 0 radical (unpaired) electrons. The lowest BCUT2D eigenvalue weighted by atomic mass is 9.97. The van der Waals surface area contributed by atoms with Crippen molar-refractivity contribution >= 4 is 17.6 Å². The van der Waals surface area contributed by atoms with Gasteiger partial charge in [-0.1, -0.05) is 36.4 Å². The van der Waals surface area contributed by atoms with Crippen LogP contribution in [0.2, 0.25) is 0 Å². The van der Waals surface area contributed by atoms with Crippen molar-refractivity contribution < 1.29 is 23.8 Å². The topological polar surface area (TPSA) is 77.4 Å². The molecule has 4 rings (SSSR count). The molecule has 1 aliphatic rings. The fourth-order valence-corrected chi connectivity index (χ4v) is 3.81. The number of rotatable bonds is 6. The maximum Gasteiger partial charge on any atom is 0.343 e. The molecule has 0 fully saturated rings. The quantitative estimate of drug-likeness (QED) is 0.410. The molecule has 0 spiro atoms. The first-order valence-electron chi connectivity index (χ1n) is 10.5. The molecule has 3 aromatic rings. The van der Waals surface area contributed by atoms with Crippen LogP contribution >= 0.6 is 0 Å². The van der Waals surface area contributed by atoms with Crippen LogP contribution in [0.1, 0.15) is 40.9 Å². The van der Waals surface area contributed by atoms with Crippen LogP contribution in [0, 0.1) is 0 Å². The Hall–Kier alpha value is -4.13. The number of ether oxygens (including phenoxy) is 3. The van der Waals surface area contributed by atoms with Gasteiger partial charge in [-0.25, -0.2) is 9.80 Å². The molecule has 0 bridgehead atoms. The normalized spacial score (nSPS) is 15.1. The van der Waals surface area contributed by atoms with Crippen molar-refractivity contribution in [2.24, 2.45) is 5.10 Å². The van der Waals surface area contributed by atoms with Crippen molar-refractivity contribution in [3.05, 3.63) is 89.5 Å². The Balaban J connectivity index is 1.65. The molecule has 0 saturated carbocycles. The maximum atomic E-state index is 12.6. The molecule has 0 aromatic heterocycles. The van der Waals surface area contributed by atoms with Gasteiger partial charge in [0.2, 0.25) is 5.91 Å². The van der Waals surface area contributed by atoms with Gasteiger partial charge in [0.05, 0.1) is 31.5 Å². The summed E-state index contributed by atoms with van der Waals surface area (Å²) in [5.41, 5.74) is 2.63. The Kier molecular flexibility index (Phi) is 6.40. The summed E-state index contributed by atoms with van der Waals surface area (Å²) in [6.07, 6.45) is 0.453. The number of para-hydroxylation sites is 1. The number of hydrazone groups is 1. The van der Waals surface area contributed by atoms with E-state index in [4.69, 9.17) is 14.2 Å². The third kappa shape index (κ3) is 4.57. The first kappa shape index (κ1) is 22.1. The summed E-state index contributed by atoms with van der Waals surface area (Å²) >= 11 is 0. The lowest BCUT2D eigenvalue weighted by Crippen LogP contribution is -2.24. The molecule has 33 heavy (non-hydrogen) atoms. The first-order chi connectivity index (χ1) is 16.0. The molecule has 7 heteroatoms. The number of hydrogen-bond acceptors (Lipinski definition) is 6. The number of carbonyl (C=O) groups excluding carboxylic acids is 2. The molecule has 0 aliphatic carbocycles. The Morgan fingerprint density at radius 2 is 1.58 bits per heavy atom. The molecular weight excluding hydrogens is 420 g/mol. The highest BCUT2D eigenvalue weighted by atomic mass is 16.5. The molecule has 0 saturated heterocycles. The van der Waals surface area contributed by atoms with Crippen LogP contribution < -0.4 is 14.2 Å². The molecule has 7 nitrogen and oxygen atoms in total. The fraction of sp³-hybridized carbons (Fsp3) is 0.192. The predicted octanol–water partition coefficient (Wildman–Crippen LogP) is 4.62. The fourth-order valence-electron chi connectivity index (χ4n) is 3.81. The number of esters is 1. The van der Waals surface area contributed by atoms with Crippen molar-refractivity contribution in [3.8, 4) is 17.2 Å². The van der Waals surface area contributed by atoms with Gasteiger partial charge in [0.1, 0.15) is 5.75 Å². The van der Waals surface area contributed by atoms with E-state index in [-0.39, 0.29) is 11.9 Å². The summed E-state index contributed by atoms with van der Waals surface area (Å²) in [4.78, 5) is 25.0. The van der Waals surface area contributed by atoms with E-state index in [2.05, 4.69) is 5.10 Å². The zero-order valence-electron chi connectivity index (χ0n) is 18.6. The van der Waals surface area contributed by atoms with E-state index in [9.17, 15) is 9.59 Å². The van der Waals surface area contributed by atoms with E-state index in [0.29, 0.717) is 40.5 Å². The minimum atomic E-state index is -0.457. The molecule has 1 atom stereocenters. The van der Waals surface area contributed by atoms with E-state index in [0.717, 1.165) is 5.56 Å². The van der Waals surface area contributed by atoms with Crippen molar-refractivity contribution in [1.82, 2.24) is 5.01 Å². The van der Waals surface area contributed by atoms with Crippen LogP contribution in [0.5, 0.6) is 17.2 Å². The van der Waals surface area contributed by atoms with Gasteiger partial charge in [0.25, 0.3) is 0 Å². The van der Waals surface area contributed by atoms with Crippen LogP contribution in [0.25, 0.3) is 0 Å². The lowest BCUT2D eigenvalue weighted by Gasteiger charge is -2.21. The molecule has 1 aliphatic heterocycles. The third-order valence-electron chi connectivity index (χ3n) is 5.44. The predicted molar refractivity (Wildman–Crippen MR) is 124 cm³/mol. The molecule has 0 unspecified atom stereocenters. The molecule has 168 valence electrons. The number of hydrogen-bond donors (Lipinski definition) is 0. The van der Waals surface area contributed by atoms with E-state index >= 15 is 0 Å². The maximum absolute atomic E-state index is 12.6. The molecule has 1 heterocycles. The Bertz CT molecular complexity index is 1210. The van der Waals surface area contributed by atoms with Gasteiger partial charge in [0, 0.05) is 18.9 Å². The minimum Gasteiger partial charge on any atom is -0.493 e. The standard InChI is InChI=1S/C26H24N2O5/c1-17(29)28-22(19-13-14-24(31-2)25(15-19)32-3)16-21(27-28)20-11-7-8-12-23(20)33-26(30)18-9-5-4-6-10-18/h4-15,22H,16H2,1-3H3/t22-/m0/s1. The summed E-state index contributed by atoms with van der Waals surface area (Å²) in [6, 6.07) is 21.2. The average molecular weight is 444 g/mol. The van der Waals surface area contributed by atoms with Crippen molar-refractivity contribution in [3.63, 3.8) is 0 Å². The van der Waals surface area contributed by atoms with Gasteiger partial charge in [-0.05, 0) is 42.0 Å². The third-order valence-corrected chi connectivity index (χ3v) is 5.44. The largest absolute Gasteiger partial charge is 0.493 e. The van der Waals surface area contributed by atoms with Crippen molar-refractivity contribution in [2.45, 2.75) is 19.4 Å². The van der Waals surface area contributed by atoms with Crippen LogP contribution in [0.15, 0.2) is 77.9 Å². The van der Waals surface area contributed by atoms with Crippen LogP contribution in [-0.4, -0.2) is 36.8 Å². The molecule has 3 aromatic carbocycles. The van der Waals surface area contributed by atoms with E-state index in [1.807, 2.05) is 30.3 Å². The van der Waals surface area contributed by atoms with E-state index < -0.39 is 5.97 Å². The van der Waals surface area contributed by atoms with E-state index in [1.165, 1.54) is 11.9 Å². The van der Waals surface area contributed by atoms with Gasteiger partial charge < -0.3 is 14.2 Å². The average Bonchev–Trinajstić information content (AvgIpc) is 3.30. The number of amides is 1. The Labute approximate surface area is 192 Å². The van der Waals surface area contributed by atoms with Crippen LogP contribution in [-0.2, 0) is 4.79 Å². The Morgan fingerprint density at radius 1 is 0.879 bits per heavy atom. The zero-order chi connectivity index (χ0) is 23.4. The van der Waals surface area contributed by atoms with E-state index in [1.54, 1.807) is 56.7 Å². The summed E-state index contributed by atoms with van der Waals surface area (Å²) in [6.45, 7) is 1.47. The van der Waals surface area contributed by atoms with Gasteiger partial charge in [0.15, 0.2) is 11.5 Å². The summed E-state index contributed by atoms with van der Waals surface area (Å²) < 4.78 is 16.4. The second-order valence-electron chi connectivity index (χ2n) is 7.50. The summed E-state index contributed by atoms with van der Waals surface area (Å²) in [7, 11) is 3.14.